The highest BCUT2D eigenvalue weighted by molar-refractivity contribution is 9.10. The van der Waals surface area contributed by atoms with Gasteiger partial charge in [0.1, 0.15) is 0 Å². The Morgan fingerprint density at radius 1 is 1.32 bits per heavy atom. The van der Waals surface area contributed by atoms with E-state index in [1.165, 1.54) is 4.90 Å². The standard InChI is InChI=1S/C13H18BrF3N2/c1-9(2)19(8-13(15,16)17)7-11-4-3-10(6-18)5-12(11)14/h3-5,9H,6-8,18H2,1-2H3. The normalized spacial score (nSPS) is 12.5. The van der Waals surface area contributed by atoms with Gasteiger partial charge >= 0.3 is 6.18 Å². The van der Waals surface area contributed by atoms with Gasteiger partial charge in [-0.1, -0.05) is 28.1 Å². The van der Waals surface area contributed by atoms with E-state index < -0.39 is 12.7 Å². The average Bonchev–Trinajstić information content (AvgIpc) is 2.28. The van der Waals surface area contributed by atoms with Gasteiger partial charge in [0.25, 0.3) is 0 Å². The highest BCUT2D eigenvalue weighted by Gasteiger charge is 2.31. The van der Waals surface area contributed by atoms with E-state index in [1.54, 1.807) is 13.8 Å². The summed E-state index contributed by atoms with van der Waals surface area (Å²) in [6, 6.07) is 5.33. The van der Waals surface area contributed by atoms with Gasteiger partial charge in [0.2, 0.25) is 0 Å². The summed E-state index contributed by atoms with van der Waals surface area (Å²) in [5, 5.41) is 0. The lowest BCUT2D eigenvalue weighted by molar-refractivity contribution is -0.150. The van der Waals surface area contributed by atoms with Crippen molar-refractivity contribution in [3.05, 3.63) is 33.8 Å². The zero-order valence-corrected chi connectivity index (χ0v) is 12.6. The van der Waals surface area contributed by atoms with Crippen molar-refractivity contribution in [1.29, 1.82) is 0 Å². The Kier molecular flexibility index (Phi) is 5.82. The van der Waals surface area contributed by atoms with Crippen LogP contribution < -0.4 is 5.73 Å². The maximum absolute atomic E-state index is 12.5. The monoisotopic (exact) mass is 338 g/mol. The number of hydrogen-bond acceptors (Lipinski definition) is 2. The molecular formula is C13H18BrF3N2. The Bertz CT molecular complexity index is 419. The van der Waals surface area contributed by atoms with E-state index >= 15 is 0 Å². The smallest absolute Gasteiger partial charge is 0.326 e. The molecule has 0 saturated heterocycles. The summed E-state index contributed by atoms with van der Waals surface area (Å²) in [6.07, 6.45) is -4.19. The number of benzene rings is 1. The second-order valence-corrected chi connectivity index (χ2v) is 5.60. The largest absolute Gasteiger partial charge is 0.401 e. The summed E-state index contributed by atoms with van der Waals surface area (Å²) >= 11 is 3.38. The summed E-state index contributed by atoms with van der Waals surface area (Å²) in [6.45, 7) is 3.27. The minimum absolute atomic E-state index is 0.178. The van der Waals surface area contributed by atoms with Crippen LogP contribution in [0.15, 0.2) is 22.7 Å². The molecule has 1 rings (SSSR count). The van der Waals surface area contributed by atoms with Crippen molar-refractivity contribution in [3.63, 3.8) is 0 Å². The van der Waals surface area contributed by atoms with Crippen LogP contribution in [0.3, 0.4) is 0 Å². The van der Waals surface area contributed by atoms with Crippen molar-refractivity contribution in [2.24, 2.45) is 5.73 Å². The lowest BCUT2D eigenvalue weighted by atomic mass is 10.1. The fraction of sp³-hybridized carbons (Fsp3) is 0.538. The molecule has 0 atom stereocenters. The predicted molar refractivity (Wildman–Crippen MR) is 73.6 cm³/mol. The molecular weight excluding hydrogens is 321 g/mol. The number of halogens is 4. The van der Waals surface area contributed by atoms with Crippen LogP contribution in [0.1, 0.15) is 25.0 Å². The lowest BCUT2D eigenvalue weighted by Crippen LogP contribution is -2.38. The molecule has 0 spiro atoms. The van der Waals surface area contributed by atoms with Gasteiger partial charge in [0.05, 0.1) is 6.54 Å². The molecule has 0 aromatic heterocycles. The second kappa shape index (κ2) is 6.72. The van der Waals surface area contributed by atoms with Crippen LogP contribution >= 0.6 is 15.9 Å². The first kappa shape index (κ1) is 16.5. The number of nitrogens with zero attached hydrogens (tertiary/aromatic N) is 1. The molecule has 0 amide bonds. The van der Waals surface area contributed by atoms with Gasteiger partial charge in [-0.05, 0) is 31.0 Å². The summed E-state index contributed by atoms with van der Waals surface area (Å²) in [7, 11) is 0. The van der Waals surface area contributed by atoms with Crippen LogP contribution in [0.4, 0.5) is 13.2 Å². The van der Waals surface area contributed by atoms with Gasteiger partial charge in [0.15, 0.2) is 0 Å². The average molecular weight is 339 g/mol. The molecule has 0 unspecified atom stereocenters. The van der Waals surface area contributed by atoms with E-state index in [-0.39, 0.29) is 12.6 Å². The minimum Gasteiger partial charge on any atom is -0.326 e. The van der Waals surface area contributed by atoms with E-state index in [9.17, 15) is 13.2 Å². The molecule has 0 bridgehead atoms. The summed E-state index contributed by atoms with van der Waals surface area (Å²) in [4.78, 5) is 1.39. The quantitative estimate of drug-likeness (QED) is 0.887. The molecule has 108 valence electrons. The maximum atomic E-state index is 12.5. The van der Waals surface area contributed by atoms with Crippen molar-refractivity contribution < 1.29 is 13.2 Å². The van der Waals surface area contributed by atoms with Crippen molar-refractivity contribution in [3.8, 4) is 0 Å². The number of hydrogen-bond donors (Lipinski definition) is 1. The maximum Gasteiger partial charge on any atom is 0.401 e. The first-order valence-electron chi connectivity index (χ1n) is 6.01. The van der Waals surface area contributed by atoms with Crippen molar-refractivity contribution in [2.45, 2.75) is 39.2 Å². The Hall–Kier alpha value is -0.590. The molecule has 0 saturated carbocycles. The third-order valence-corrected chi connectivity index (χ3v) is 3.58. The summed E-state index contributed by atoms with van der Waals surface area (Å²) < 4.78 is 38.3. The van der Waals surface area contributed by atoms with Crippen LogP contribution in [0, 0.1) is 0 Å². The number of nitrogens with two attached hydrogens (primary N) is 1. The van der Waals surface area contributed by atoms with E-state index in [2.05, 4.69) is 15.9 Å². The van der Waals surface area contributed by atoms with E-state index in [0.29, 0.717) is 6.54 Å². The molecule has 0 radical (unpaired) electrons. The Labute approximate surface area is 119 Å². The van der Waals surface area contributed by atoms with Crippen LogP contribution in [-0.2, 0) is 13.1 Å². The molecule has 0 aliphatic carbocycles. The second-order valence-electron chi connectivity index (χ2n) is 4.74. The van der Waals surface area contributed by atoms with Gasteiger partial charge < -0.3 is 5.73 Å². The molecule has 1 aromatic rings. The van der Waals surface area contributed by atoms with E-state index in [4.69, 9.17) is 5.73 Å². The molecule has 2 nitrogen and oxygen atoms in total. The SMILES string of the molecule is CC(C)N(Cc1ccc(CN)cc1Br)CC(F)(F)F. The first-order valence-corrected chi connectivity index (χ1v) is 6.80. The molecule has 2 N–H and O–H groups in total. The Balaban J connectivity index is 2.85. The zero-order valence-electron chi connectivity index (χ0n) is 11.0. The molecule has 0 heterocycles. The highest BCUT2D eigenvalue weighted by atomic mass is 79.9. The molecule has 19 heavy (non-hydrogen) atoms. The zero-order chi connectivity index (χ0) is 14.6. The van der Waals surface area contributed by atoms with Crippen molar-refractivity contribution in [2.75, 3.05) is 6.54 Å². The van der Waals surface area contributed by atoms with Gasteiger partial charge in [-0.15, -0.1) is 0 Å². The van der Waals surface area contributed by atoms with Crippen molar-refractivity contribution >= 4 is 15.9 Å². The highest BCUT2D eigenvalue weighted by Crippen LogP contribution is 2.24. The molecule has 0 fully saturated rings. The van der Waals surface area contributed by atoms with E-state index in [0.717, 1.165) is 15.6 Å². The van der Waals surface area contributed by atoms with Gasteiger partial charge in [0, 0.05) is 23.6 Å². The molecule has 6 heteroatoms. The number of alkyl halides is 3. The molecule has 0 aliphatic rings. The fourth-order valence-corrected chi connectivity index (χ4v) is 2.27. The van der Waals surface area contributed by atoms with Crippen LogP contribution in [0.25, 0.3) is 0 Å². The van der Waals surface area contributed by atoms with Crippen LogP contribution in [0.5, 0.6) is 0 Å². The van der Waals surface area contributed by atoms with Crippen LogP contribution in [-0.4, -0.2) is 23.7 Å². The molecule has 1 aromatic carbocycles. The van der Waals surface area contributed by atoms with Gasteiger partial charge in [-0.25, -0.2) is 0 Å². The van der Waals surface area contributed by atoms with Crippen molar-refractivity contribution in [1.82, 2.24) is 4.90 Å². The fourth-order valence-electron chi connectivity index (χ4n) is 1.72. The van der Waals surface area contributed by atoms with E-state index in [1.807, 2.05) is 18.2 Å². The van der Waals surface area contributed by atoms with Gasteiger partial charge in [-0.2, -0.15) is 13.2 Å². The Morgan fingerprint density at radius 2 is 1.95 bits per heavy atom. The first-order chi connectivity index (χ1) is 8.73. The molecule has 0 aliphatic heterocycles. The summed E-state index contributed by atoms with van der Waals surface area (Å²) in [5.41, 5.74) is 7.30. The third kappa shape index (κ3) is 5.50. The minimum atomic E-state index is -4.19. The number of rotatable bonds is 5. The lowest BCUT2D eigenvalue weighted by Gasteiger charge is -2.28. The van der Waals surface area contributed by atoms with Gasteiger partial charge in [-0.3, -0.25) is 4.90 Å². The summed E-state index contributed by atoms with van der Waals surface area (Å²) in [5.74, 6) is 0. The van der Waals surface area contributed by atoms with Crippen LogP contribution in [0.2, 0.25) is 0 Å². The Morgan fingerprint density at radius 3 is 2.37 bits per heavy atom. The predicted octanol–water partition coefficient (Wildman–Crippen LogP) is 3.68. The topological polar surface area (TPSA) is 29.3 Å². The third-order valence-electron chi connectivity index (χ3n) is 2.84.